The highest BCUT2D eigenvalue weighted by atomic mass is 16.1. The highest BCUT2D eigenvalue weighted by Crippen LogP contribution is 2.57. The molecule has 0 amide bonds. The molecule has 0 radical (unpaired) electrons. The van der Waals surface area contributed by atoms with Gasteiger partial charge in [0.25, 0.3) is 0 Å². The molecule has 2 fully saturated rings. The SMILES string of the molecule is Cc1cc(C)c(-c2cc3c4cc5c(cc4n4c6cc(C#N)c7c(c6c(c2)c34)C2CCC7CC2)c2cc(C(C)(C)C)cc3c4cc6c(cc4n5c32)C(=O)C2(C)CCC6(C)CC2)c(C)c1. The van der Waals surface area contributed by atoms with Crippen molar-refractivity contribution in [2.75, 3.05) is 0 Å². The molecule has 0 unspecified atom stereocenters. The van der Waals surface area contributed by atoms with Crippen molar-refractivity contribution >= 4 is 82.0 Å². The van der Waals surface area contributed by atoms with E-state index in [1.165, 1.54) is 146 Å². The van der Waals surface area contributed by atoms with Crippen LogP contribution in [0.5, 0.6) is 0 Å². The first-order valence-electron chi connectivity index (χ1n) is 23.7. The molecular formula is C59H53N3O. The van der Waals surface area contributed by atoms with Crippen molar-refractivity contribution in [3.8, 4) is 17.2 Å². The van der Waals surface area contributed by atoms with Crippen LogP contribution >= 0.6 is 0 Å². The quantitative estimate of drug-likeness (QED) is 0.166. The monoisotopic (exact) mass is 819 g/mol. The van der Waals surface area contributed by atoms with Gasteiger partial charge < -0.3 is 8.80 Å². The van der Waals surface area contributed by atoms with Crippen molar-refractivity contribution in [2.24, 2.45) is 5.41 Å². The molecule has 6 aliphatic carbocycles. The van der Waals surface area contributed by atoms with Crippen LogP contribution in [0, 0.1) is 37.5 Å². The number of aromatic nitrogens is 2. The average Bonchev–Trinajstić information content (AvgIpc) is 3.95. The number of carbonyl (C=O) groups is 1. The summed E-state index contributed by atoms with van der Waals surface area (Å²) in [6, 6.07) is 29.3. The lowest BCUT2D eigenvalue weighted by atomic mass is 9.65. The minimum atomic E-state index is -0.302. The molecule has 0 N–H and O–H groups in total. The minimum Gasteiger partial charge on any atom is -0.308 e. The number of aryl methyl sites for hydroxylation is 3. The number of benzene rings is 6. The Labute approximate surface area is 368 Å². The van der Waals surface area contributed by atoms with Gasteiger partial charge in [0.05, 0.1) is 44.7 Å². The zero-order chi connectivity index (χ0) is 43.0. The Morgan fingerprint density at radius 1 is 0.603 bits per heavy atom. The molecular weight excluding hydrogens is 767 g/mol. The van der Waals surface area contributed by atoms with Crippen molar-refractivity contribution in [2.45, 2.75) is 129 Å². The molecule has 0 saturated heterocycles. The second-order valence-electron chi connectivity index (χ2n) is 22.6. The van der Waals surface area contributed by atoms with E-state index in [1.807, 2.05) is 0 Å². The summed E-state index contributed by atoms with van der Waals surface area (Å²) in [5, 5.41) is 21.1. The summed E-state index contributed by atoms with van der Waals surface area (Å²) in [5.74, 6) is 1.29. The van der Waals surface area contributed by atoms with Gasteiger partial charge >= 0.3 is 0 Å². The van der Waals surface area contributed by atoms with Gasteiger partial charge in [0.1, 0.15) is 0 Å². The average molecular weight is 820 g/mol. The summed E-state index contributed by atoms with van der Waals surface area (Å²) in [4.78, 5) is 14.7. The fraction of sp³-hybridized carbons (Fsp3) is 0.356. The van der Waals surface area contributed by atoms with E-state index in [2.05, 4.69) is 137 Å². The topological polar surface area (TPSA) is 49.7 Å². The fourth-order valence-corrected chi connectivity index (χ4v) is 14.5. The number of ketones is 1. The largest absolute Gasteiger partial charge is 0.308 e. The number of rotatable bonds is 1. The van der Waals surface area contributed by atoms with Crippen LogP contribution in [-0.2, 0) is 10.8 Å². The van der Waals surface area contributed by atoms with Crippen molar-refractivity contribution in [1.29, 1.82) is 5.26 Å². The number of carbonyl (C=O) groups excluding carboxylic acids is 1. The third kappa shape index (κ3) is 4.35. The number of nitrogens with zero attached hydrogens (tertiary/aromatic N) is 3. The van der Waals surface area contributed by atoms with Crippen LogP contribution in [0.4, 0.5) is 0 Å². The summed E-state index contributed by atoms with van der Waals surface area (Å²) in [7, 11) is 0. The van der Waals surface area contributed by atoms with Crippen molar-refractivity contribution in [1.82, 2.24) is 8.80 Å². The van der Waals surface area contributed by atoms with Crippen LogP contribution in [0.15, 0.2) is 66.7 Å². The van der Waals surface area contributed by atoms with Gasteiger partial charge in [-0.05, 0) is 194 Å². The van der Waals surface area contributed by atoms with Crippen molar-refractivity contribution in [3.05, 3.63) is 117 Å². The summed E-state index contributed by atoms with van der Waals surface area (Å²) in [6.45, 7) is 18.4. The van der Waals surface area contributed by atoms with Crippen LogP contribution in [-0.4, -0.2) is 14.6 Å². The molecule has 4 bridgehead atoms. The number of Topliss-reactive ketones (excluding diaryl/α,β-unsaturated/α-hetero) is 1. The lowest BCUT2D eigenvalue weighted by Gasteiger charge is -2.39. The van der Waals surface area contributed by atoms with Gasteiger partial charge in [-0.25, -0.2) is 0 Å². The molecule has 4 heterocycles. The first-order chi connectivity index (χ1) is 30.2. The summed E-state index contributed by atoms with van der Waals surface area (Å²) < 4.78 is 5.07. The molecule has 0 aliphatic heterocycles. The Kier molecular flexibility index (Phi) is 6.62. The molecule has 0 atom stereocenters. The Morgan fingerprint density at radius 2 is 1.13 bits per heavy atom. The molecule has 6 aromatic carbocycles. The van der Waals surface area contributed by atoms with Crippen LogP contribution in [0.25, 0.3) is 87.3 Å². The molecule has 4 heteroatoms. The minimum absolute atomic E-state index is 0.00192. The fourth-order valence-electron chi connectivity index (χ4n) is 14.5. The Hall–Kier alpha value is -5.92. The summed E-state index contributed by atoms with van der Waals surface area (Å²) >= 11 is 0. The molecule has 10 aromatic rings. The zero-order valence-corrected chi connectivity index (χ0v) is 37.9. The van der Waals surface area contributed by atoms with Gasteiger partial charge in [-0.3, -0.25) is 4.79 Å². The number of nitriles is 1. The third-order valence-electron chi connectivity index (χ3n) is 17.8. The first kappa shape index (κ1) is 36.6. The molecule has 4 nitrogen and oxygen atoms in total. The standard InChI is InChI=1S/C59H53N3O/c1-29-17-30(2)50(31(3)18-29)34-19-40-38-25-46-39(26-47(38)62-49-21-35(28-60)51-32-9-11-33(12-10-32)52(51)53(49)44(20-34)55(40)62)42-23-36(57(4,5)6)22-41-37-24-45-43(27-48(37)61(46)54(41)42)56(63)59(8)15-13-58(45,7)14-16-59/h17-27,32-33H,9-16H2,1-8H3. The maximum atomic E-state index is 14.7. The van der Waals surface area contributed by atoms with Crippen LogP contribution in [0.2, 0.25) is 0 Å². The Morgan fingerprint density at radius 3 is 1.75 bits per heavy atom. The highest BCUT2D eigenvalue weighted by molar-refractivity contribution is 6.30. The van der Waals surface area contributed by atoms with E-state index in [4.69, 9.17) is 0 Å². The molecule has 4 aromatic heterocycles. The van der Waals surface area contributed by atoms with E-state index in [1.54, 1.807) is 0 Å². The molecule has 0 spiro atoms. The van der Waals surface area contributed by atoms with E-state index in [-0.39, 0.29) is 16.2 Å². The first-order valence-corrected chi connectivity index (χ1v) is 23.7. The predicted octanol–water partition coefficient (Wildman–Crippen LogP) is 15.5. The molecule has 2 saturated carbocycles. The summed E-state index contributed by atoms with van der Waals surface area (Å²) in [5.41, 5.74) is 20.6. The van der Waals surface area contributed by atoms with Gasteiger partial charge in [0, 0.05) is 54.1 Å². The normalized spacial score (nSPS) is 23.5. The van der Waals surface area contributed by atoms with Crippen molar-refractivity contribution in [3.63, 3.8) is 0 Å². The van der Waals surface area contributed by atoms with Crippen LogP contribution in [0.3, 0.4) is 0 Å². The van der Waals surface area contributed by atoms with E-state index < -0.39 is 0 Å². The molecule has 16 rings (SSSR count). The zero-order valence-electron chi connectivity index (χ0n) is 37.9. The van der Waals surface area contributed by atoms with E-state index in [0.717, 1.165) is 42.3 Å². The number of fused-ring (bicyclic) bond motifs is 16. The van der Waals surface area contributed by atoms with Crippen LogP contribution in [0.1, 0.15) is 153 Å². The maximum Gasteiger partial charge on any atom is 0.169 e. The van der Waals surface area contributed by atoms with Crippen molar-refractivity contribution < 1.29 is 4.79 Å². The summed E-state index contributed by atoms with van der Waals surface area (Å²) in [6.07, 6.45) is 8.84. The van der Waals surface area contributed by atoms with E-state index in [0.29, 0.717) is 17.6 Å². The third-order valence-corrected chi connectivity index (χ3v) is 17.8. The van der Waals surface area contributed by atoms with Gasteiger partial charge in [-0.2, -0.15) is 5.26 Å². The second-order valence-corrected chi connectivity index (χ2v) is 22.6. The molecule has 6 aliphatic rings. The van der Waals surface area contributed by atoms with E-state index in [9.17, 15) is 10.1 Å². The van der Waals surface area contributed by atoms with Gasteiger partial charge in [-0.1, -0.05) is 52.3 Å². The predicted molar refractivity (Wildman–Crippen MR) is 261 cm³/mol. The maximum absolute atomic E-state index is 14.7. The van der Waals surface area contributed by atoms with Gasteiger partial charge in [0.15, 0.2) is 5.78 Å². The molecule has 63 heavy (non-hydrogen) atoms. The lowest BCUT2D eigenvalue weighted by Crippen LogP contribution is -2.33. The second kappa shape index (κ2) is 11.4. The van der Waals surface area contributed by atoms with Gasteiger partial charge in [-0.15, -0.1) is 0 Å². The van der Waals surface area contributed by atoms with E-state index >= 15 is 0 Å². The van der Waals surface area contributed by atoms with Crippen LogP contribution < -0.4 is 0 Å². The molecule has 310 valence electrons. The smallest absolute Gasteiger partial charge is 0.169 e. The number of hydrogen-bond acceptors (Lipinski definition) is 2. The Bertz CT molecular complexity index is 3800. The Balaban J connectivity index is 1.18. The highest BCUT2D eigenvalue weighted by Gasteiger charge is 2.49. The van der Waals surface area contributed by atoms with Gasteiger partial charge in [0.2, 0.25) is 0 Å². The number of hydrogen-bond donors (Lipinski definition) is 0. The lowest BCUT2D eigenvalue weighted by molar-refractivity contribution is 0.0732.